The number of nitrogens with one attached hydrogen (secondary N) is 1. The fourth-order valence-corrected chi connectivity index (χ4v) is 9.55. The first-order chi connectivity index (χ1) is 25.2. The summed E-state index contributed by atoms with van der Waals surface area (Å²) in [5.74, 6) is -1.94. The van der Waals surface area contributed by atoms with Gasteiger partial charge in [-0.3, -0.25) is 4.79 Å². The molecule has 1 unspecified atom stereocenters. The quantitative estimate of drug-likeness (QED) is 0.277. The van der Waals surface area contributed by atoms with E-state index in [0.29, 0.717) is 32.2 Å². The van der Waals surface area contributed by atoms with E-state index in [1.807, 2.05) is 62.6 Å². The lowest BCUT2D eigenvalue weighted by atomic mass is 9.77. The van der Waals surface area contributed by atoms with Crippen molar-refractivity contribution in [2.24, 2.45) is 17.8 Å². The number of methoxy groups -OCH3 is 4. The standard InChI is InChI=1S/C40H76N2O12/c1-17-29-40(10,45)34(46-13)26(6)42(12)21-22(2)19-38(8,48-15)33(54-37-31(43)28(41-11)18-23(3)50-37)24(4)32(25(5)36(44)52-29)53-30-20-39(9,49-16)35(47-14)27(7)51-30/h22-35,37,41,43,45H,17-21H2,1-16H3/t22-,23-,24+,25-,26-,27+,28+,29?,30+,31-,32+,33-,34-,35+,37+,38-,39-,40+/m1/s1. The Balaban J connectivity index is 2.22. The third-order valence-electron chi connectivity index (χ3n) is 12.8. The van der Waals surface area contributed by atoms with Crippen LogP contribution in [0.25, 0.3) is 0 Å². The Morgan fingerprint density at radius 3 is 2.02 bits per heavy atom. The number of carbonyl (C=O) groups excluding carboxylic acids is 1. The summed E-state index contributed by atoms with van der Waals surface area (Å²) >= 11 is 0. The number of aliphatic hydroxyl groups excluding tert-OH is 1. The van der Waals surface area contributed by atoms with Gasteiger partial charge in [0.2, 0.25) is 0 Å². The van der Waals surface area contributed by atoms with Crippen molar-refractivity contribution in [3.05, 3.63) is 0 Å². The molecule has 18 atom stereocenters. The number of hydrogen-bond donors (Lipinski definition) is 3. The van der Waals surface area contributed by atoms with E-state index < -0.39 is 83.8 Å². The van der Waals surface area contributed by atoms with Crippen LogP contribution in [0.1, 0.15) is 94.9 Å². The largest absolute Gasteiger partial charge is 0.459 e. The van der Waals surface area contributed by atoms with Crippen LogP contribution >= 0.6 is 0 Å². The second kappa shape index (κ2) is 19.6. The molecular formula is C40H76N2O12. The molecule has 0 radical (unpaired) electrons. The van der Waals surface area contributed by atoms with Crippen molar-refractivity contribution in [2.75, 3.05) is 49.1 Å². The van der Waals surface area contributed by atoms with Crippen LogP contribution in [-0.4, -0.2) is 160 Å². The lowest BCUT2D eigenvalue weighted by Crippen LogP contribution is -2.61. The molecule has 0 aromatic carbocycles. The van der Waals surface area contributed by atoms with E-state index >= 15 is 0 Å². The minimum absolute atomic E-state index is 0.0574. The molecule has 3 heterocycles. The van der Waals surface area contributed by atoms with E-state index in [4.69, 9.17) is 42.6 Å². The van der Waals surface area contributed by atoms with Crippen LogP contribution in [-0.2, 0) is 47.4 Å². The summed E-state index contributed by atoms with van der Waals surface area (Å²) in [6, 6.07) is -0.508. The van der Waals surface area contributed by atoms with Gasteiger partial charge in [0.1, 0.15) is 30.0 Å². The molecule has 0 aromatic heterocycles. The summed E-state index contributed by atoms with van der Waals surface area (Å²) in [5, 5.41) is 26.8. The van der Waals surface area contributed by atoms with E-state index in [1.54, 1.807) is 42.3 Å². The number of ether oxygens (including phenoxy) is 9. The molecule has 0 spiro atoms. The van der Waals surface area contributed by atoms with Crippen LogP contribution < -0.4 is 5.32 Å². The van der Waals surface area contributed by atoms with E-state index in [2.05, 4.69) is 17.1 Å². The molecule has 0 amide bonds. The maximum absolute atomic E-state index is 14.5. The monoisotopic (exact) mass is 777 g/mol. The SMILES string of the molecule is CCC1OC(=O)[C@H](C)[C@@H](O[C@H]2C[C@@](C)(OC)[C@@H](OC)[C@H](C)O2)[C@H](C)[C@@H](O[C@@H]2O[C@H](C)C[C@H](NC)[C@H]2O)[C@](C)(OC)C[C@@H](C)CN(C)[C@H](C)[C@@H](OC)[C@@]1(C)O. The summed E-state index contributed by atoms with van der Waals surface area (Å²) in [6.45, 7) is 19.9. The average Bonchev–Trinajstić information content (AvgIpc) is 3.11. The Bertz CT molecular complexity index is 1170. The van der Waals surface area contributed by atoms with Crippen molar-refractivity contribution >= 4 is 5.97 Å². The summed E-state index contributed by atoms with van der Waals surface area (Å²) in [6.07, 6.45) is -5.11. The summed E-state index contributed by atoms with van der Waals surface area (Å²) < 4.78 is 57.1. The molecule has 0 aliphatic carbocycles. The zero-order valence-electron chi connectivity index (χ0n) is 36.1. The highest BCUT2D eigenvalue weighted by atomic mass is 16.7. The number of hydrogen-bond acceptors (Lipinski definition) is 14. The highest BCUT2D eigenvalue weighted by Crippen LogP contribution is 2.41. The van der Waals surface area contributed by atoms with E-state index in [0.717, 1.165) is 0 Å². The summed E-state index contributed by atoms with van der Waals surface area (Å²) in [7, 11) is 10.3. The topological polar surface area (TPSA) is 156 Å². The fraction of sp³-hybridized carbons (Fsp3) is 0.975. The molecule has 3 rings (SSSR count). The number of nitrogens with zero attached hydrogens (tertiary/aromatic N) is 1. The Hall–Kier alpha value is -1.01. The predicted octanol–water partition coefficient (Wildman–Crippen LogP) is 3.52. The first-order valence-electron chi connectivity index (χ1n) is 19.9. The molecule has 3 fully saturated rings. The van der Waals surface area contributed by atoms with Gasteiger partial charge >= 0.3 is 5.97 Å². The van der Waals surface area contributed by atoms with Gasteiger partial charge in [-0.1, -0.05) is 20.8 Å². The van der Waals surface area contributed by atoms with Crippen molar-refractivity contribution in [1.29, 1.82) is 0 Å². The van der Waals surface area contributed by atoms with Gasteiger partial charge in [-0.05, 0) is 87.7 Å². The second-order valence-electron chi connectivity index (χ2n) is 17.1. The van der Waals surface area contributed by atoms with Gasteiger partial charge in [-0.15, -0.1) is 0 Å². The molecule has 3 saturated heterocycles. The van der Waals surface area contributed by atoms with Gasteiger partial charge in [0, 0.05) is 59.4 Å². The minimum Gasteiger partial charge on any atom is -0.459 e. The highest BCUT2D eigenvalue weighted by Gasteiger charge is 2.53. The molecule has 14 nitrogen and oxygen atoms in total. The summed E-state index contributed by atoms with van der Waals surface area (Å²) in [4.78, 5) is 16.6. The molecule has 0 bridgehead atoms. The molecule has 0 aromatic rings. The van der Waals surface area contributed by atoms with Crippen molar-refractivity contribution in [2.45, 2.75) is 185 Å². The first-order valence-corrected chi connectivity index (χ1v) is 19.9. The molecule has 14 heteroatoms. The lowest BCUT2D eigenvalue weighted by Gasteiger charge is -2.49. The Morgan fingerprint density at radius 1 is 0.889 bits per heavy atom. The molecule has 3 aliphatic rings. The number of esters is 1. The zero-order chi connectivity index (χ0) is 40.9. The number of cyclic esters (lactones) is 1. The maximum atomic E-state index is 14.5. The normalized spacial score (nSPS) is 48.1. The Labute approximate surface area is 325 Å². The number of aliphatic hydroxyl groups is 2. The highest BCUT2D eigenvalue weighted by molar-refractivity contribution is 5.73. The molecule has 318 valence electrons. The van der Waals surface area contributed by atoms with Crippen LogP contribution in [0.5, 0.6) is 0 Å². The third kappa shape index (κ3) is 10.3. The van der Waals surface area contributed by atoms with Crippen molar-refractivity contribution in [3.8, 4) is 0 Å². The van der Waals surface area contributed by atoms with Crippen molar-refractivity contribution in [1.82, 2.24) is 10.2 Å². The van der Waals surface area contributed by atoms with Crippen LogP contribution in [0.15, 0.2) is 0 Å². The zero-order valence-corrected chi connectivity index (χ0v) is 36.1. The van der Waals surface area contributed by atoms with Crippen LogP contribution in [0.4, 0.5) is 0 Å². The molecule has 54 heavy (non-hydrogen) atoms. The molecule has 3 N–H and O–H groups in total. The van der Waals surface area contributed by atoms with Gasteiger partial charge in [-0.2, -0.15) is 0 Å². The second-order valence-corrected chi connectivity index (χ2v) is 17.1. The lowest BCUT2D eigenvalue weighted by molar-refractivity contribution is -0.318. The Morgan fingerprint density at radius 2 is 1.48 bits per heavy atom. The van der Waals surface area contributed by atoms with Crippen LogP contribution in [0.3, 0.4) is 0 Å². The molecule has 3 aliphatic heterocycles. The first kappa shape index (κ1) is 47.4. The van der Waals surface area contributed by atoms with E-state index in [9.17, 15) is 15.0 Å². The molecule has 0 saturated carbocycles. The van der Waals surface area contributed by atoms with Crippen molar-refractivity contribution < 1.29 is 57.6 Å². The van der Waals surface area contributed by atoms with Crippen LogP contribution in [0.2, 0.25) is 0 Å². The van der Waals surface area contributed by atoms with Gasteiger partial charge < -0.3 is 63.1 Å². The maximum Gasteiger partial charge on any atom is 0.311 e. The smallest absolute Gasteiger partial charge is 0.311 e. The fourth-order valence-electron chi connectivity index (χ4n) is 9.55. The average molecular weight is 777 g/mol. The van der Waals surface area contributed by atoms with Gasteiger partial charge in [-0.25, -0.2) is 0 Å². The van der Waals surface area contributed by atoms with Gasteiger partial charge in [0.25, 0.3) is 0 Å². The number of carbonyl (C=O) groups is 1. The predicted molar refractivity (Wildman–Crippen MR) is 204 cm³/mol. The van der Waals surface area contributed by atoms with E-state index in [-0.39, 0.29) is 30.2 Å². The number of rotatable bonds is 10. The Kier molecular flexibility index (Phi) is 17.2. The molecular weight excluding hydrogens is 700 g/mol. The van der Waals surface area contributed by atoms with Gasteiger partial charge in [0.15, 0.2) is 12.6 Å². The van der Waals surface area contributed by atoms with Crippen molar-refractivity contribution in [3.63, 3.8) is 0 Å². The van der Waals surface area contributed by atoms with Gasteiger partial charge in [0.05, 0.1) is 41.5 Å². The third-order valence-corrected chi connectivity index (χ3v) is 12.8. The number of likely N-dealkylation sites (N-methyl/N-ethyl adjacent to an activating group) is 2. The van der Waals surface area contributed by atoms with Crippen LogP contribution in [0, 0.1) is 17.8 Å². The minimum atomic E-state index is -1.53. The summed E-state index contributed by atoms with van der Waals surface area (Å²) in [5.41, 5.74) is -3.25. The van der Waals surface area contributed by atoms with E-state index in [1.165, 1.54) is 0 Å².